The molecule has 0 saturated carbocycles. The predicted molar refractivity (Wildman–Crippen MR) is 152 cm³/mol. The van der Waals surface area contributed by atoms with Crippen LogP contribution in [0, 0.1) is 0 Å². The third-order valence-corrected chi connectivity index (χ3v) is 7.18. The number of allylic oxidation sites excluding steroid dienone is 1. The van der Waals surface area contributed by atoms with Crippen LogP contribution in [0.25, 0.3) is 6.08 Å². The number of hydrogen-bond acceptors (Lipinski definition) is 7. The predicted octanol–water partition coefficient (Wildman–Crippen LogP) is 4.91. The first-order valence-corrected chi connectivity index (χ1v) is 13.8. The fourth-order valence-electron chi connectivity index (χ4n) is 4.14. The summed E-state index contributed by atoms with van der Waals surface area (Å²) < 4.78 is 19.8. The Kier molecular flexibility index (Phi) is 8.69. The molecule has 0 unspecified atom stereocenters. The number of fused-ring (bicyclic) bond motifs is 1. The van der Waals surface area contributed by atoms with E-state index in [1.54, 1.807) is 37.5 Å². The monoisotopic (exact) mass is 596 g/mol. The van der Waals surface area contributed by atoms with Crippen LogP contribution in [0.15, 0.2) is 80.6 Å². The van der Waals surface area contributed by atoms with Gasteiger partial charge in [-0.25, -0.2) is 9.79 Å². The van der Waals surface area contributed by atoms with Gasteiger partial charge in [0.05, 0.1) is 34.6 Å². The minimum Gasteiger partial charge on any atom is -0.494 e. The van der Waals surface area contributed by atoms with E-state index in [1.807, 2.05) is 49.4 Å². The highest BCUT2D eigenvalue weighted by Crippen LogP contribution is 2.32. The highest BCUT2D eigenvalue weighted by molar-refractivity contribution is 9.10. The Morgan fingerprint density at radius 3 is 2.61 bits per heavy atom. The third kappa shape index (κ3) is 5.84. The second kappa shape index (κ2) is 12.0. The normalized spacial score (nSPS) is 15.2. The van der Waals surface area contributed by atoms with Crippen molar-refractivity contribution >= 4 is 39.3 Å². The summed E-state index contributed by atoms with van der Waals surface area (Å²) in [4.78, 5) is 32.3. The molecule has 38 heavy (non-hydrogen) atoms. The molecule has 0 amide bonds. The Morgan fingerprint density at radius 2 is 1.95 bits per heavy atom. The first-order chi connectivity index (χ1) is 18.2. The van der Waals surface area contributed by atoms with Gasteiger partial charge in [-0.15, -0.1) is 0 Å². The van der Waals surface area contributed by atoms with Gasteiger partial charge in [-0.1, -0.05) is 52.1 Å². The number of ether oxygens (including phenoxy) is 3. The molecule has 4 rings (SSSR count). The number of carbonyl (C=O) groups excluding carboxylic acids is 1. The van der Waals surface area contributed by atoms with Crippen LogP contribution in [-0.2, 0) is 9.53 Å². The highest BCUT2D eigenvalue weighted by atomic mass is 79.9. The lowest BCUT2D eigenvalue weighted by atomic mass is 9.96. The first kappa shape index (κ1) is 27.6. The quantitative estimate of drug-likeness (QED) is 0.259. The van der Waals surface area contributed by atoms with E-state index in [1.165, 1.54) is 11.3 Å². The number of nitrogens with zero attached hydrogens (tertiary/aromatic N) is 2. The molecule has 0 N–H and O–H groups in total. The van der Waals surface area contributed by atoms with Crippen molar-refractivity contribution in [1.29, 1.82) is 0 Å². The summed E-state index contributed by atoms with van der Waals surface area (Å²) in [5, 5.41) is 0. The number of hydrogen-bond donors (Lipinski definition) is 0. The van der Waals surface area contributed by atoms with Gasteiger partial charge in [-0.2, -0.15) is 0 Å². The minimum absolute atomic E-state index is 0.260. The van der Waals surface area contributed by atoms with Crippen LogP contribution >= 0.6 is 27.3 Å². The van der Waals surface area contributed by atoms with Gasteiger partial charge in [0.1, 0.15) is 18.1 Å². The summed E-state index contributed by atoms with van der Waals surface area (Å²) in [6, 6.07) is 12.3. The molecule has 198 valence electrons. The Bertz CT molecular complexity index is 1570. The zero-order valence-corrected chi connectivity index (χ0v) is 24.1. The lowest BCUT2D eigenvalue weighted by Crippen LogP contribution is -2.40. The van der Waals surface area contributed by atoms with Crippen molar-refractivity contribution in [3.8, 4) is 11.5 Å². The van der Waals surface area contributed by atoms with Crippen LogP contribution < -0.4 is 24.4 Å². The van der Waals surface area contributed by atoms with Crippen molar-refractivity contribution in [3.63, 3.8) is 0 Å². The molecule has 0 radical (unpaired) electrons. The van der Waals surface area contributed by atoms with Gasteiger partial charge in [-0.3, -0.25) is 9.36 Å². The van der Waals surface area contributed by atoms with E-state index in [9.17, 15) is 9.59 Å². The van der Waals surface area contributed by atoms with Gasteiger partial charge < -0.3 is 14.2 Å². The van der Waals surface area contributed by atoms with Crippen molar-refractivity contribution in [3.05, 3.63) is 102 Å². The molecule has 2 aromatic carbocycles. The first-order valence-electron chi connectivity index (χ1n) is 12.2. The zero-order valence-electron chi connectivity index (χ0n) is 21.7. The summed E-state index contributed by atoms with van der Waals surface area (Å²) in [6.07, 6.45) is 3.13. The highest BCUT2D eigenvalue weighted by Gasteiger charge is 2.33. The van der Waals surface area contributed by atoms with Gasteiger partial charge >= 0.3 is 5.97 Å². The molecule has 1 aliphatic rings. The second-order valence-corrected chi connectivity index (χ2v) is 10.7. The molecule has 3 aromatic rings. The smallest absolute Gasteiger partial charge is 0.338 e. The molecular weight excluding hydrogens is 568 g/mol. The SMILES string of the molecule is C=CCOc1ccc(Br)cc1/C=c1/sc2n(c1=O)[C@H](c1ccc(OCC)cc1)C(C(=O)OC(C)C)=C(C)N=2. The van der Waals surface area contributed by atoms with Crippen LogP contribution in [0.1, 0.15) is 44.9 Å². The van der Waals surface area contributed by atoms with Crippen LogP contribution in [0.4, 0.5) is 0 Å². The van der Waals surface area contributed by atoms with Crippen LogP contribution in [0.5, 0.6) is 11.5 Å². The van der Waals surface area contributed by atoms with E-state index in [0.29, 0.717) is 45.3 Å². The van der Waals surface area contributed by atoms with Crippen LogP contribution in [0.2, 0.25) is 0 Å². The lowest BCUT2D eigenvalue weighted by molar-refractivity contribution is -0.143. The van der Waals surface area contributed by atoms with Crippen molar-refractivity contribution in [2.24, 2.45) is 4.99 Å². The number of benzene rings is 2. The van der Waals surface area contributed by atoms with Gasteiger partial charge in [0.2, 0.25) is 0 Å². The summed E-state index contributed by atoms with van der Waals surface area (Å²) in [5.74, 6) is 0.832. The van der Waals surface area contributed by atoms with Gasteiger partial charge in [-0.05, 0) is 69.7 Å². The summed E-state index contributed by atoms with van der Waals surface area (Å²) in [5.41, 5.74) is 2.08. The molecule has 7 nitrogen and oxygen atoms in total. The molecule has 0 bridgehead atoms. The molecule has 0 fully saturated rings. The molecular formula is C29H29BrN2O5S. The van der Waals surface area contributed by atoms with Crippen molar-refractivity contribution < 1.29 is 19.0 Å². The van der Waals surface area contributed by atoms with E-state index in [2.05, 4.69) is 27.5 Å². The largest absolute Gasteiger partial charge is 0.494 e. The summed E-state index contributed by atoms with van der Waals surface area (Å²) >= 11 is 4.76. The van der Waals surface area contributed by atoms with Gasteiger partial charge in [0.15, 0.2) is 4.80 Å². The Morgan fingerprint density at radius 1 is 1.21 bits per heavy atom. The number of carbonyl (C=O) groups is 1. The number of thiazole rings is 1. The molecule has 0 spiro atoms. The fraction of sp³-hybridized carbons (Fsp3) is 0.276. The molecule has 0 saturated heterocycles. The number of rotatable bonds is 9. The van der Waals surface area contributed by atoms with Crippen molar-refractivity contribution in [2.75, 3.05) is 13.2 Å². The Hall–Kier alpha value is -3.43. The lowest BCUT2D eigenvalue weighted by Gasteiger charge is -2.25. The van der Waals surface area contributed by atoms with Crippen LogP contribution in [0.3, 0.4) is 0 Å². The second-order valence-electron chi connectivity index (χ2n) is 8.82. The molecule has 2 heterocycles. The average molecular weight is 598 g/mol. The molecule has 0 aliphatic carbocycles. The molecule has 1 atom stereocenters. The van der Waals surface area contributed by atoms with Gasteiger partial charge in [0, 0.05) is 10.0 Å². The molecule has 9 heteroatoms. The van der Waals surface area contributed by atoms with Crippen molar-refractivity contribution in [2.45, 2.75) is 39.8 Å². The number of halogens is 1. The maximum atomic E-state index is 13.9. The summed E-state index contributed by atoms with van der Waals surface area (Å²) in [7, 11) is 0. The van der Waals surface area contributed by atoms with E-state index < -0.39 is 12.0 Å². The Labute approximate surface area is 233 Å². The average Bonchev–Trinajstić information content (AvgIpc) is 3.17. The number of esters is 1. The number of aromatic nitrogens is 1. The fourth-order valence-corrected chi connectivity index (χ4v) is 5.56. The van der Waals surface area contributed by atoms with Crippen LogP contribution in [-0.4, -0.2) is 29.9 Å². The summed E-state index contributed by atoms with van der Waals surface area (Å²) in [6.45, 7) is 11.8. The third-order valence-electron chi connectivity index (χ3n) is 5.71. The maximum absolute atomic E-state index is 13.9. The topological polar surface area (TPSA) is 79.1 Å². The van der Waals surface area contributed by atoms with E-state index in [-0.39, 0.29) is 11.7 Å². The maximum Gasteiger partial charge on any atom is 0.338 e. The van der Waals surface area contributed by atoms with Crippen molar-refractivity contribution in [1.82, 2.24) is 4.57 Å². The Balaban J connectivity index is 1.91. The van der Waals surface area contributed by atoms with Gasteiger partial charge in [0.25, 0.3) is 5.56 Å². The van der Waals surface area contributed by atoms with E-state index in [0.717, 1.165) is 15.6 Å². The standard InChI is InChI=1S/C29H29BrN2O5S/c1-6-14-36-23-13-10-21(30)15-20(23)16-24-27(33)32-26(19-8-11-22(12-9-19)35-7-2)25(28(34)37-17(3)4)18(5)31-29(32)38-24/h6,8-13,15-17,26H,1,7,14H2,2-5H3/b24-16+/t26-/m1/s1. The molecule has 1 aliphatic heterocycles. The van der Waals surface area contributed by atoms with E-state index >= 15 is 0 Å². The zero-order chi connectivity index (χ0) is 27.4. The molecule has 1 aromatic heterocycles. The van der Waals surface area contributed by atoms with E-state index in [4.69, 9.17) is 14.2 Å². The minimum atomic E-state index is -0.700.